The van der Waals surface area contributed by atoms with Crippen LogP contribution in [0, 0.1) is 0 Å². The number of aromatic carboxylic acids is 1. The van der Waals surface area contributed by atoms with E-state index in [1.807, 2.05) is 0 Å². The van der Waals surface area contributed by atoms with Gasteiger partial charge in [0.15, 0.2) is 4.34 Å². The molecule has 0 amide bonds. The predicted octanol–water partition coefficient (Wildman–Crippen LogP) is 1.67. The van der Waals surface area contributed by atoms with Gasteiger partial charge in [-0.25, -0.2) is 9.78 Å². The number of rotatable bonds is 3. The van der Waals surface area contributed by atoms with Gasteiger partial charge in [0.1, 0.15) is 0 Å². The highest BCUT2D eigenvalue weighted by Crippen LogP contribution is 2.32. The summed E-state index contributed by atoms with van der Waals surface area (Å²) in [5.41, 5.74) is 1.02. The third-order valence-electron chi connectivity index (χ3n) is 2.28. The van der Waals surface area contributed by atoms with Crippen molar-refractivity contribution in [1.82, 2.24) is 25.2 Å². The largest absolute Gasteiger partial charge is 0.478 e. The minimum Gasteiger partial charge on any atom is -0.478 e. The molecule has 1 N–H and O–H groups in total. The van der Waals surface area contributed by atoms with Crippen LogP contribution in [0.4, 0.5) is 0 Å². The molecule has 0 aliphatic rings. The molecule has 0 aliphatic heterocycles. The van der Waals surface area contributed by atoms with E-state index < -0.39 is 5.97 Å². The first-order valence-electron chi connectivity index (χ1n) is 5.17. The summed E-state index contributed by atoms with van der Waals surface area (Å²) < 4.78 is 1.58. The molecule has 1 aromatic carbocycles. The Morgan fingerprint density at radius 3 is 3.00 bits per heavy atom. The monoisotopic (exact) mass is 293 g/mol. The molecule has 2 aromatic heterocycles. The van der Waals surface area contributed by atoms with Crippen molar-refractivity contribution in [3.05, 3.63) is 23.8 Å². The maximum absolute atomic E-state index is 10.9. The fourth-order valence-electron chi connectivity index (χ4n) is 1.47. The van der Waals surface area contributed by atoms with Crippen LogP contribution in [0.1, 0.15) is 10.4 Å². The van der Waals surface area contributed by atoms with Gasteiger partial charge in [-0.05, 0) is 35.2 Å². The number of nitrogens with zero attached hydrogens (tertiary/aromatic N) is 5. The lowest BCUT2D eigenvalue weighted by Gasteiger charge is -1.91. The second-order valence-corrected chi connectivity index (χ2v) is 5.88. The number of fused-ring (bicyclic) bond motifs is 1. The highest BCUT2D eigenvalue weighted by atomic mass is 32.2. The van der Waals surface area contributed by atoms with Crippen molar-refractivity contribution in [3.63, 3.8) is 0 Å². The van der Waals surface area contributed by atoms with Crippen LogP contribution in [0.2, 0.25) is 0 Å². The van der Waals surface area contributed by atoms with Gasteiger partial charge in [-0.15, -0.1) is 21.5 Å². The van der Waals surface area contributed by atoms with Crippen LogP contribution < -0.4 is 0 Å². The average Bonchev–Trinajstić information content (AvgIpc) is 2.94. The highest BCUT2D eigenvalue weighted by Gasteiger charge is 2.11. The van der Waals surface area contributed by atoms with Gasteiger partial charge >= 0.3 is 5.97 Å². The van der Waals surface area contributed by atoms with E-state index >= 15 is 0 Å². The van der Waals surface area contributed by atoms with E-state index in [0.29, 0.717) is 5.16 Å². The normalized spacial score (nSPS) is 11.0. The maximum Gasteiger partial charge on any atom is 0.335 e. The van der Waals surface area contributed by atoms with Gasteiger partial charge in [0.2, 0.25) is 5.16 Å². The number of aryl methyl sites for hydroxylation is 1. The van der Waals surface area contributed by atoms with Gasteiger partial charge in [0, 0.05) is 0 Å². The summed E-state index contributed by atoms with van der Waals surface area (Å²) in [4.78, 5) is 16.7. The number of thiazole rings is 1. The number of carbonyl (C=O) groups is 1. The molecule has 7 nitrogen and oxygen atoms in total. The maximum atomic E-state index is 10.9. The minimum absolute atomic E-state index is 0.255. The van der Waals surface area contributed by atoms with Gasteiger partial charge in [-0.1, -0.05) is 0 Å². The van der Waals surface area contributed by atoms with Crippen LogP contribution in [0.25, 0.3) is 10.2 Å². The Balaban J connectivity index is 1.95. The number of tetrazole rings is 1. The molecule has 0 unspecified atom stereocenters. The lowest BCUT2D eigenvalue weighted by molar-refractivity contribution is 0.0697. The highest BCUT2D eigenvalue weighted by molar-refractivity contribution is 8.01. The number of carboxylic acid groups (broad SMARTS) is 1. The summed E-state index contributed by atoms with van der Waals surface area (Å²) in [5.74, 6) is -0.944. The molecule has 0 saturated heterocycles. The van der Waals surface area contributed by atoms with E-state index in [9.17, 15) is 4.79 Å². The number of carboxylic acids is 1. The molecule has 9 heteroatoms. The Kier molecular flexibility index (Phi) is 2.91. The van der Waals surface area contributed by atoms with Crippen LogP contribution in [-0.4, -0.2) is 36.3 Å². The van der Waals surface area contributed by atoms with Crippen molar-refractivity contribution in [2.75, 3.05) is 0 Å². The first-order chi connectivity index (χ1) is 9.11. The predicted molar refractivity (Wildman–Crippen MR) is 69.5 cm³/mol. The standard InChI is InChI=1S/C10H7N5O2S2/c1-15-13-9(12-14-15)19-10-11-6-3-2-5(8(16)17)4-7(6)18-10/h2-4H,1H3,(H,16,17). The van der Waals surface area contributed by atoms with Crippen LogP contribution >= 0.6 is 23.1 Å². The van der Waals surface area contributed by atoms with Crippen molar-refractivity contribution >= 4 is 39.3 Å². The second kappa shape index (κ2) is 4.59. The Labute approximate surface area is 115 Å². The molecule has 0 aliphatic carbocycles. The molecule has 0 saturated carbocycles. The molecule has 0 radical (unpaired) electrons. The summed E-state index contributed by atoms with van der Waals surface area (Å²) in [7, 11) is 1.69. The SMILES string of the molecule is Cn1nnc(Sc2nc3ccc(C(=O)O)cc3s2)n1. The number of benzene rings is 1. The van der Waals surface area contributed by atoms with Crippen LogP contribution in [0.5, 0.6) is 0 Å². The zero-order chi connectivity index (χ0) is 13.4. The molecule has 2 heterocycles. The van der Waals surface area contributed by atoms with E-state index in [4.69, 9.17) is 5.11 Å². The average molecular weight is 293 g/mol. The molecule has 0 atom stereocenters. The van der Waals surface area contributed by atoms with Gasteiger partial charge in [0.25, 0.3) is 0 Å². The van der Waals surface area contributed by atoms with Gasteiger partial charge in [0.05, 0.1) is 22.8 Å². The molecule has 3 rings (SSSR count). The first-order valence-corrected chi connectivity index (χ1v) is 6.81. The second-order valence-electron chi connectivity index (χ2n) is 3.63. The smallest absolute Gasteiger partial charge is 0.335 e. The molecule has 19 heavy (non-hydrogen) atoms. The quantitative estimate of drug-likeness (QED) is 0.785. The molecular formula is C10H7N5O2S2. The van der Waals surface area contributed by atoms with Crippen LogP contribution in [-0.2, 0) is 7.05 Å². The van der Waals surface area contributed by atoms with Crippen molar-refractivity contribution < 1.29 is 9.90 Å². The van der Waals surface area contributed by atoms with Gasteiger partial charge in [-0.3, -0.25) is 0 Å². The van der Waals surface area contributed by atoms with Gasteiger partial charge in [-0.2, -0.15) is 4.80 Å². The number of hydrogen-bond acceptors (Lipinski definition) is 7. The Hall–Kier alpha value is -2.00. The lowest BCUT2D eigenvalue weighted by Crippen LogP contribution is -1.94. The minimum atomic E-state index is -0.944. The van der Waals surface area contributed by atoms with Crippen molar-refractivity contribution in [2.45, 2.75) is 9.50 Å². The van der Waals surface area contributed by atoms with E-state index in [0.717, 1.165) is 14.6 Å². The Morgan fingerprint density at radius 2 is 2.32 bits per heavy atom. The van der Waals surface area contributed by atoms with E-state index in [1.165, 1.54) is 27.9 Å². The van der Waals surface area contributed by atoms with Crippen molar-refractivity contribution in [3.8, 4) is 0 Å². The summed E-state index contributed by atoms with van der Waals surface area (Å²) >= 11 is 2.71. The zero-order valence-electron chi connectivity index (χ0n) is 9.64. The first kappa shape index (κ1) is 12.1. The fourth-order valence-corrected chi connectivity index (χ4v) is 3.40. The Bertz CT molecular complexity index is 766. The van der Waals surface area contributed by atoms with Crippen molar-refractivity contribution in [1.29, 1.82) is 0 Å². The van der Waals surface area contributed by atoms with Crippen LogP contribution in [0.3, 0.4) is 0 Å². The van der Waals surface area contributed by atoms with E-state index in [1.54, 1.807) is 25.2 Å². The third kappa shape index (κ3) is 2.42. The topological polar surface area (TPSA) is 93.8 Å². The molecule has 0 spiro atoms. The molecule has 96 valence electrons. The number of aromatic nitrogens is 5. The van der Waals surface area contributed by atoms with Crippen molar-refractivity contribution in [2.24, 2.45) is 7.05 Å². The third-order valence-corrected chi connectivity index (χ3v) is 4.21. The Morgan fingerprint density at radius 1 is 1.47 bits per heavy atom. The fraction of sp³-hybridized carbons (Fsp3) is 0.100. The summed E-state index contributed by atoms with van der Waals surface area (Å²) in [6.45, 7) is 0. The zero-order valence-corrected chi connectivity index (χ0v) is 11.3. The summed E-state index contributed by atoms with van der Waals surface area (Å²) in [6, 6.07) is 4.85. The molecule has 0 fully saturated rings. The summed E-state index contributed by atoms with van der Waals surface area (Å²) in [6.07, 6.45) is 0. The summed E-state index contributed by atoms with van der Waals surface area (Å²) in [5, 5.41) is 21.1. The molecule has 3 aromatic rings. The van der Waals surface area contributed by atoms with Gasteiger partial charge < -0.3 is 5.11 Å². The molecule has 0 bridgehead atoms. The number of hydrogen-bond donors (Lipinski definition) is 1. The van der Waals surface area contributed by atoms with Crippen LogP contribution in [0.15, 0.2) is 27.7 Å². The lowest BCUT2D eigenvalue weighted by atomic mass is 10.2. The van der Waals surface area contributed by atoms with E-state index in [-0.39, 0.29) is 5.56 Å². The van der Waals surface area contributed by atoms with E-state index in [2.05, 4.69) is 20.4 Å². The molecular weight excluding hydrogens is 286 g/mol.